The van der Waals surface area contributed by atoms with E-state index in [1.165, 1.54) is 24.3 Å². The Labute approximate surface area is 117 Å². The quantitative estimate of drug-likeness (QED) is 0.872. The van der Waals surface area contributed by atoms with Gasteiger partial charge in [-0.3, -0.25) is 0 Å². The lowest BCUT2D eigenvalue weighted by Gasteiger charge is -2.05. The van der Waals surface area contributed by atoms with E-state index >= 15 is 0 Å². The van der Waals surface area contributed by atoms with Crippen molar-refractivity contribution in [2.45, 2.75) is 18.0 Å². The van der Waals surface area contributed by atoms with Crippen molar-refractivity contribution in [3.8, 4) is 6.07 Å². The molecular weight excluding hydrogens is 276 g/mol. The number of aryl methyl sites for hydroxylation is 1. The van der Waals surface area contributed by atoms with Gasteiger partial charge in [0.1, 0.15) is 0 Å². The van der Waals surface area contributed by atoms with Crippen LogP contribution in [0.3, 0.4) is 0 Å². The van der Waals surface area contributed by atoms with Crippen LogP contribution in [-0.4, -0.2) is 23.7 Å². The van der Waals surface area contributed by atoms with Gasteiger partial charge in [0, 0.05) is 19.3 Å². The van der Waals surface area contributed by atoms with Crippen LogP contribution in [0.2, 0.25) is 0 Å². The standard InChI is InChI=1S/C13H14N4O2S/c14-7-11-1-3-13(4-2-11)20(18,19)6-5-17-9-12(8-15)16-10-17/h1-4,9-10H,5-6,8,15H2. The molecule has 0 aliphatic carbocycles. The zero-order valence-corrected chi connectivity index (χ0v) is 11.5. The molecule has 0 saturated heterocycles. The van der Waals surface area contributed by atoms with Gasteiger partial charge in [-0.2, -0.15) is 5.26 Å². The molecule has 7 heteroatoms. The molecule has 6 nitrogen and oxygen atoms in total. The molecule has 0 aliphatic rings. The Morgan fingerprint density at radius 1 is 1.30 bits per heavy atom. The van der Waals surface area contributed by atoms with E-state index in [2.05, 4.69) is 4.98 Å². The summed E-state index contributed by atoms with van der Waals surface area (Å²) in [5.41, 5.74) is 6.60. The molecule has 2 rings (SSSR count). The van der Waals surface area contributed by atoms with Crippen LogP contribution in [0.25, 0.3) is 0 Å². The molecule has 0 atom stereocenters. The van der Waals surface area contributed by atoms with Crippen LogP contribution < -0.4 is 5.73 Å². The Bertz CT molecular complexity index is 726. The van der Waals surface area contributed by atoms with Crippen molar-refractivity contribution in [2.24, 2.45) is 5.73 Å². The van der Waals surface area contributed by atoms with Crippen molar-refractivity contribution in [1.29, 1.82) is 5.26 Å². The molecule has 0 radical (unpaired) electrons. The van der Waals surface area contributed by atoms with Gasteiger partial charge in [-0.1, -0.05) is 0 Å². The second-order valence-corrected chi connectivity index (χ2v) is 6.37. The fourth-order valence-electron chi connectivity index (χ4n) is 1.71. The highest BCUT2D eigenvalue weighted by Gasteiger charge is 2.14. The van der Waals surface area contributed by atoms with Crippen LogP contribution in [0.1, 0.15) is 11.3 Å². The second kappa shape index (κ2) is 5.86. The first-order valence-corrected chi connectivity index (χ1v) is 7.64. The van der Waals surface area contributed by atoms with Gasteiger partial charge in [0.2, 0.25) is 0 Å². The van der Waals surface area contributed by atoms with E-state index in [0.717, 1.165) is 5.69 Å². The van der Waals surface area contributed by atoms with Crippen molar-refractivity contribution in [2.75, 3.05) is 5.75 Å². The Balaban J connectivity index is 2.08. The third-order valence-electron chi connectivity index (χ3n) is 2.86. The van der Waals surface area contributed by atoms with Gasteiger partial charge in [0.25, 0.3) is 0 Å². The van der Waals surface area contributed by atoms with Crippen LogP contribution >= 0.6 is 0 Å². The number of rotatable bonds is 5. The lowest BCUT2D eigenvalue weighted by molar-refractivity contribution is 0.588. The van der Waals surface area contributed by atoms with Gasteiger partial charge in [0.15, 0.2) is 9.84 Å². The Hall–Kier alpha value is -2.17. The molecule has 1 heterocycles. The number of nitriles is 1. The van der Waals surface area contributed by atoms with E-state index in [1.807, 2.05) is 6.07 Å². The van der Waals surface area contributed by atoms with Crippen molar-refractivity contribution < 1.29 is 8.42 Å². The lowest BCUT2D eigenvalue weighted by Crippen LogP contribution is -2.12. The molecule has 0 amide bonds. The molecule has 0 aliphatic heterocycles. The van der Waals surface area contributed by atoms with Crippen LogP contribution in [0.4, 0.5) is 0 Å². The highest BCUT2D eigenvalue weighted by molar-refractivity contribution is 7.91. The molecule has 0 fully saturated rings. The van der Waals surface area contributed by atoms with E-state index in [-0.39, 0.29) is 10.6 Å². The highest BCUT2D eigenvalue weighted by Crippen LogP contribution is 2.12. The number of nitrogens with two attached hydrogens (primary N) is 1. The largest absolute Gasteiger partial charge is 0.336 e. The first-order valence-electron chi connectivity index (χ1n) is 5.99. The number of hydrogen-bond donors (Lipinski definition) is 1. The maximum absolute atomic E-state index is 12.1. The van der Waals surface area contributed by atoms with Gasteiger partial charge in [-0.15, -0.1) is 0 Å². The topological polar surface area (TPSA) is 102 Å². The summed E-state index contributed by atoms with van der Waals surface area (Å²) in [6, 6.07) is 7.85. The predicted octanol–water partition coefficient (Wildman–Crippen LogP) is 0.687. The zero-order chi connectivity index (χ0) is 14.6. The number of benzene rings is 1. The van der Waals surface area contributed by atoms with Gasteiger partial charge >= 0.3 is 0 Å². The summed E-state index contributed by atoms with van der Waals surface area (Å²) in [5, 5.41) is 8.69. The molecule has 104 valence electrons. The SMILES string of the molecule is N#Cc1ccc(S(=O)(=O)CCn2cnc(CN)c2)cc1. The van der Waals surface area contributed by atoms with Crippen molar-refractivity contribution >= 4 is 9.84 Å². The summed E-state index contributed by atoms with van der Waals surface area (Å²) in [6.45, 7) is 0.644. The van der Waals surface area contributed by atoms with Crippen LogP contribution in [0.5, 0.6) is 0 Å². The van der Waals surface area contributed by atoms with Crippen molar-refractivity contribution in [3.63, 3.8) is 0 Å². The minimum Gasteiger partial charge on any atom is -0.336 e. The molecule has 0 spiro atoms. The summed E-state index contributed by atoms with van der Waals surface area (Å²) < 4.78 is 26.0. The van der Waals surface area contributed by atoms with Gasteiger partial charge < -0.3 is 10.3 Å². The number of aromatic nitrogens is 2. The average Bonchev–Trinajstić information content (AvgIpc) is 2.93. The summed E-state index contributed by atoms with van der Waals surface area (Å²) in [4.78, 5) is 4.26. The number of nitrogens with zero attached hydrogens (tertiary/aromatic N) is 3. The monoisotopic (exact) mass is 290 g/mol. The molecule has 20 heavy (non-hydrogen) atoms. The maximum Gasteiger partial charge on any atom is 0.180 e. The molecule has 2 N–H and O–H groups in total. The third-order valence-corrected chi connectivity index (χ3v) is 4.57. The molecule has 1 aromatic carbocycles. The minimum atomic E-state index is -3.37. The normalized spacial score (nSPS) is 11.2. The Morgan fingerprint density at radius 2 is 2.00 bits per heavy atom. The highest BCUT2D eigenvalue weighted by atomic mass is 32.2. The van der Waals surface area contributed by atoms with E-state index in [1.54, 1.807) is 17.1 Å². The van der Waals surface area contributed by atoms with E-state index < -0.39 is 9.84 Å². The second-order valence-electron chi connectivity index (χ2n) is 4.26. The molecule has 0 unspecified atom stereocenters. The Morgan fingerprint density at radius 3 is 2.55 bits per heavy atom. The fourth-order valence-corrected chi connectivity index (χ4v) is 2.95. The van der Waals surface area contributed by atoms with E-state index in [4.69, 9.17) is 11.0 Å². The first kappa shape index (κ1) is 14.2. The van der Waals surface area contributed by atoms with Gasteiger partial charge in [-0.25, -0.2) is 13.4 Å². The molecule has 0 saturated carbocycles. The molecule has 2 aromatic rings. The van der Waals surface area contributed by atoms with Gasteiger partial charge in [-0.05, 0) is 24.3 Å². The summed E-state index contributed by atoms with van der Waals surface area (Å²) in [6.07, 6.45) is 3.30. The number of sulfone groups is 1. The Kier molecular flexibility index (Phi) is 4.17. The fraction of sp³-hybridized carbons (Fsp3) is 0.231. The average molecular weight is 290 g/mol. The summed E-state index contributed by atoms with van der Waals surface area (Å²) in [5.74, 6) is -0.0285. The smallest absolute Gasteiger partial charge is 0.180 e. The number of imidazole rings is 1. The van der Waals surface area contributed by atoms with Gasteiger partial charge in [0.05, 0.1) is 34.3 Å². The summed E-state index contributed by atoms with van der Waals surface area (Å²) in [7, 11) is -3.37. The maximum atomic E-state index is 12.1. The van der Waals surface area contributed by atoms with Crippen LogP contribution in [0.15, 0.2) is 41.7 Å². The lowest BCUT2D eigenvalue weighted by atomic mass is 10.2. The first-order chi connectivity index (χ1) is 9.55. The van der Waals surface area contributed by atoms with E-state index in [0.29, 0.717) is 18.7 Å². The van der Waals surface area contributed by atoms with Crippen molar-refractivity contribution in [3.05, 3.63) is 48.0 Å². The molecule has 1 aromatic heterocycles. The van der Waals surface area contributed by atoms with Crippen LogP contribution in [0, 0.1) is 11.3 Å². The van der Waals surface area contributed by atoms with Crippen LogP contribution in [-0.2, 0) is 22.9 Å². The zero-order valence-electron chi connectivity index (χ0n) is 10.7. The molecule has 0 bridgehead atoms. The third kappa shape index (κ3) is 3.23. The minimum absolute atomic E-state index is 0.0285. The number of hydrogen-bond acceptors (Lipinski definition) is 5. The molecular formula is C13H14N4O2S. The summed E-state index contributed by atoms with van der Waals surface area (Å²) >= 11 is 0. The van der Waals surface area contributed by atoms with Crippen molar-refractivity contribution in [1.82, 2.24) is 9.55 Å². The predicted molar refractivity (Wildman–Crippen MR) is 73.3 cm³/mol. The van der Waals surface area contributed by atoms with E-state index in [9.17, 15) is 8.42 Å².